The van der Waals surface area contributed by atoms with Crippen LogP contribution in [0.5, 0.6) is 0 Å². The molecular weight excluding hydrogens is 537 g/mol. The second-order valence-corrected chi connectivity index (χ2v) is 10.5. The first-order chi connectivity index (χ1) is 16.1. The van der Waals surface area contributed by atoms with Gasteiger partial charge in [0.15, 0.2) is 0 Å². The maximum absolute atomic E-state index is 5.99. The van der Waals surface area contributed by atoms with Crippen LogP contribution in [0.3, 0.4) is 0 Å². The quantitative estimate of drug-likeness (QED) is 0.208. The van der Waals surface area contributed by atoms with E-state index in [-0.39, 0.29) is 0 Å². The average molecular weight is 568 g/mol. The summed E-state index contributed by atoms with van der Waals surface area (Å²) in [7, 11) is 1.77. The molecule has 0 saturated heterocycles. The SMILES string of the molecule is CC/C=C(\C=C/Cc1ccc2cc(-c3ccc(COC4=C(N)C(C)C4)cc3)ccc2c1)SI. The van der Waals surface area contributed by atoms with Crippen molar-refractivity contribution < 1.29 is 4.74 Å². The molecule has 0 spiro atoms. The minimum Gasteiger partial charge on any atom is -0.491 e. The Balaban J connectivity index is 1.42. The van der Waals surface area contributed by atoms with E-state index < -0.39 is 0 Å². The predicted octanol–water partition coefficient (Wildman–Crippen LogP) is 8.71. The number of fused-ring (bicyclic) bond motifs is 1. The lowest BCUT2D eigenvalue weighted by Gasteiger charge is -2.27. The van der Waals surface area contributed by atoms with Crippen LogP contribution in [-0.2, 0) is 17.8 Å². The molecule has 1 atom stereocenters. The van der Waals surface area contributed by atoms with Crippen molar-refractivity contribution in [2.75, 3.05) is 0 Å². The molecular formula is C29H30INOS. The van der Waals surface area contributed by atoms with Gasteiger partial charge in [-0.15, -0.1) is 0 Å². The van der Waals surface area contributed by atoms with Gasteiger partial charge >= 0.3 is 0 Å². The normalized spacial score (nSPS) is 16.5. The number of hydrogen-bond acceptors (Lipinski definition) is 3. The topological polar surface area (TPSA) is 35.2 Å². The molecule has 2 nitrogen and oxygen atoms in total. The molecule has 1 aliphatic carbocycles. The molecule has 0 heterocycles. The first-order valence-corrected chi connectivity index (χ1v) is 14.8. The van der Waals surface area contributed by atoms with Gasteiger partial charge in [0, 0.05) is 44.1 Å². The van der Waals surface area contributed by atoms with Crippen molar-refractivity contribution in [3.05, 3.63) is 106 Å². The minimum atomic E-state index is 0.457. The highest BCUT2D eigenvalue weighted by atomic mass is 127. The van der Waals surface area contributed by atoms with Gasteiger partial charge in [0.1, 0.15) is 12.4 Å². The monoisotopic (exact) mass is 567 g/mol. The Bertz CT molecular complexity index is 1210. The molecule has 4 rings (SSSR count). The Morgan fingerprint density at radius 2 is 1.73 bits per heavy atom. The molecule has 0 saturated carbocycles. The van der Waals surface area contributed by atoms with Gasteiger partial charge in [-0.3, -0.25) is 0 Å². The summed E-state index contributed by atoms with van der Waals surface area (Å²) in [6.45, 7) is 4.88. The highest BCUT2D eigenvalue weighted by Gasteiger charge is 2.24. The molecule has 0 aliphatic heterocycles. The Morgan fingerprint density at radius 3 is 2.42 bits per heavy atom. The van der Waals surface area contributed by atoms with E-state index >= 15 is 0 Å². The Labute approximate surface area is 213 Å². The molecule has 170 valence electrons. The fourth-order valence-corrected chi connectivity index (χ4v) is 5.35. The summed E-state index contributed by atoms with van der Waals surface area (Å²) in [5, 5.41) is 2.55. The van der Waals surface area contributed by atoms with E-state index in [2.05, 4.69) is 114 Å². The summed E-state index contributed by atoms with van der Waals surface area (Å²) in [5.74, 6) is 1.41. The van der Waals surface area contributed by atoms with E-state index in [0.717, 1.165) is 36.3 Å². The zero-order valence-corrected chi connectivity index (χ0v) is 22.2. The maximum atomic E-state index is 5.99. The van der Waals surface area contributed by atoms with Crippen molar-refractivity contribution in [3.63, 3.8) is 0 Å². The van der Waals surface area contributed by atoms with Gasteiger partial charge in [0.25, 0.3) is 0 Å². The van der Waals surface area contributed by atoms with Gasteiger partial charge in [-0.05, 0) is 51.9 Å². The van der Waals surface area contributed by atoms with Crippen LogP contribution in [0, 0.1) is 5.92 Å². The fourth-order valence-electron chi connectivity index (χ4n) is 4.00. The lowest BCUT2D eigenvalue weighted by atomic mass is 9.91. The van der Waals surface area contributed by atoms with Gasteiger partial charge < -0.3 is 10.5 Å². The number of ether oxygens (including phenoxy) is 1. The number of halogens is 1. The summed E-state index contributed by atoms with van der Waals surface area (Å²) < 4.78 is 5.87. The molecule has 0 bridgehead atoms. The third-order valence-electron chi connectivity index (χ3n) is 6.08. The molecule has 0 amide bonds. The maximum Gasteiger partial charge on any atom is 0.116 e. The smallest absolute Gasteiger partial charge is 0.116 e. The predicted molar refractivity (Wildman–Crippen MR) is 152 cm³/mol. The first-order valence-electron chi connectivity index (χ1n) is 11.5. The summed E-state index contributed by atoms with van der Waals surface area (Å²) in [5.41, 5.74) is 11.8. The number of nitrogens with two attached hydrogens (primary N) is 1. The Morgan fingerprint density at radius 1 is 1.03 bits per heavy atom. The van der Waals surface area contributed by atoms with E-state index in [1.807, 2.05) is 0 Å². The van der Waals surface area contributed by atoms with Crippen LogP contribution in [0.1, 0.15) is 37.8 Å². The third kappa shape index (κ3) is 6.04. The molecule has 3 aromatic rings. The van der Waals surface area contributed by atoms with Crippen molar-refractivity contribution in [1.29, 1.82) is 0 Å². The van der Waals surface area contributed by atoms with E-state index in [1.165, 1.54) is 32.4 Å². The number of rotatable bonds is 9. The standard InChI is InChI=1S/C29H30INOS/c1-3-5-27(33-30)7-4-6-21-8-13-26-18-25(15-14-24(26)17-21)23-11-9-22(10-12-23)19-32-28-16-20(2)29(28)31/h4-5,7-15,17-18,20H,3,6,16,19,31H2,1-2H3/b7-4-,27-5+. The largest absolute Gasteiger partial charge is 0.491 e. The second kappa shape index (κ2) is 11.3. The molecule has 1 unspecified atom stereocenters. The molecule has 0 aromatic heterocycles. The average Bonchev–Trinajstić information content (AvgIpc) is 2.85. The molecule has 1 aliphatic rings. The van der Waals surface area contributed by atoms with E-state index in [0.29, 0.717) is 12.5 Å². The minimum absolute atomic E-state index is 0.457. The molecule has 4 heteroatoms. The summed E-state index contributed by atoms with van der Waals surface area (Å²) in [6, 6.07) is 22.1. The highest BCUT2D eigenvalue weighted by molar-refractivity contribution is 14.2. The summed E-state index contributed by atoms with van der Waals surface area (Å²) in [4.78, 5) is 1.32. The Kier molecular flexibility index (Phi) is 8.20. The molecule has 0 radical (unpaired) electrons. The lowest BCUT2D eigenvalue weighted by Crippen LogP contribution is -2.23. The Hall–Kier alpha value is -2.18. The van der Waals surface area contributed by atoms with Crippen LogP contribution < -0.4 is 5.73 Å². The molecule has 33 heavy (non-hydrogen) atoms. The fraction of sp³-hybridized carbons (Fsp3) is 0.241. The van der Waals surface area contributed by atoms with Gasteiger partial charge in [-0.25, -0.2) is 0 Å². The van der Waals surface area contributed by atoms with Crippen molar-refractivity contribution in [2.24, 2.45) is 11.7 Å². The van der Waals surface area contributed by atoms with E-state index in [4.69, 9.17) is 10.5 Å². The first kappa shape index (κ1) is 24.0. The highest BCUT2D eigenvalue weighted by Crippen LogP contribution is 2.32. The van der Waals surface area contributed by atoms with Crippen molar-refractivity contribution >= 4 is 40.9 Å². The van der Waals surface area contributed by atoms with Crippen molar-refractivity contribution in [2.45, 2.75) is 39.7 Å². The molecule has 3 aromatic carbocycles. The van der Waals surface area contributed by atoms with Crippen LogP contribution in [0.2, 0.25) is 0 Å². The second-order valence-electron chi connectivity index (χ2n) is 8.56. The van der Waals surface area contributed by atoms with Crippen LogP contribution in [0.25, 0.3) is 21.9 Å². The third-order valence-corrected chi connectivity index (χ3v) is 8.09. The van der Waals surface area contributed by atoms with Gasteiger partial charge in [-0.2, -0.15) is 0 Å². The van der Waals surface area contributed by atoms with Gasteiger partial charge in [0.2, 0.25) is 0 Å². The van der Waals surface area contributed by atoms with Gasteiger partial charge in [0.05, 0.1) is 0 Å². The van der Waals surface area contributed by atoms with Crippen molar-refractivity contribution in [1.82, 2.24) is 0 Å². The number of hydrogen-bond donors (Lipinski definition) is 1. The van der Waals surface area contributed by atoms with Crippen LogP contribution in [0.4, 0.5) is 0 Å². The number of benzene rings is 3. The van der Waals surface area contributed by atoms with E-state index in [1.54, 1.807) is 8.93 Å². The van der Waals surface area contributed by atoms with E-state index in [9.17, 15) is 0 Å². The number of allylic oxidation sites excluding steroid dienone is 5. The summed E-state index contributed by atoms with van der Waals surface area (Å²) >= 11 is 2.34. The molecule has 2 N–H and O–H groups in total. The lowest BCUT2D eigenvalue weighted by molar-refractivity contribution is 0.156. The zero-order valence-electron chi connectivity index (χ0n) is 19.2. The summed E-state index contributed by atoms with van der Waals surface area (Å²) in [6.07, 6.45) is 9.70. The molecule has 0 fully saturated rings. The van der Waals surface area contributed by atoms with Crippen LogP contribution in [0.15, 0.2) is 95.3 Å². The van der Waals surface area contributed by atoms with Gasteiger partial charge in [-0.1, -0.05) is 95.6 Å². The van der Waals surface area contributed by atoms with Crippen LogP contribution >= 0.6 is 30.1 Å². The van der Waals surface area contributed by atoms with Crippen molar-refractivity contribution in [3.8, 4) is 11.1 Å². The van der Waals surface area contributed by atoms with Crippen LogP contribution in [-0.4, -0.2) is 0 Å². The zero-order chi connectivity index (χ0) is 23.2.